The first-order chi connectivity index (χ1) is 69.2. The van der Waals surface area contributed by atoms with Crippen molar-refractivity contribution in [1.29, 1.82) is 0 Å². The zero-order valence-corrected chi connectivity index (χ0v) is 76.6. The molecule has 0 fully saturated rings. The van der Waals surface area contributed by atoms with E-state index in [1.165, 1.54) is 160 Å². The molecule has 660 valence electrons. The van der Waals surface area contributed by atoms with Crippen LogP contribution in [0, 0.1) is 5.92 Å². The molecule has 6 heteroatoms. The molecule has 0 bridgehead atoms. The summed E-state index contributed by atoms with van der Waals surface area (Å²) in [6, 6.07) is 157. The molecule has 0 saturated carbocycles. The van der Waals surface area contributed by atoms with E-state index in [4.69, 9.17) is 28.4 Å². The molecule has 27 rings (SSSR count). The molecule has 0 radical (unpaired) electrons. The highest BCUT2D eigenvalue weighted by molar-refractivity contribution is 6.11. The zero-order chi connectivity index (χ0) is 92.7. The van der Waals surface area contributed by atoms with Crippen LogP contribution in [0.1, 0.15) is 72.7 Å². The molecular weight excluding hydrogens is 1710 g/mol. The topological polar surface area (TPSA) is 55.4 Å². The van der Waals surface area contributed by atoms with Crippen LogP contribution in [0.4, 0.5) is 0 Å². The number of benzene rings is 23. The highest BCUT2D eigenvalue weighted by Crippen LogP contribution is 2.65. The van der Waals surface area contributed by atoms with Crippen LogP contribution in [0.3, 0.4) is 0 Å². The Morgan fingerprint density at radius 1 is 0.236 bits per heavy atom. The van der Waals surface area contributed by atoms with Crippen molar-refractivity contribution in [3.63, 3.8) is 0 Å². The predicted molar refractivity (Wildman–Crippen MR) is 577 cm³/mol. The maximum absolute atomic E-state index is 6.40. The minimum absolute atomic E-state index is 0.0324. The number of hydrogen-bond acceptors (Lipinski definition) is 6. The lowest BCUT2D eigenvalue weighted by Crippen LogP contribution is -2.39. The van der Waals surface area contributed by atoms with Gasteiger partial charge in [0.25, 0.3) is 0 Å². The molecule has 140 heavy (non-hydrogen) atoms. The first-order valence-electron chi connectivity index (χ1n) is 48.0. The van der Waals surface area contributed by atoms with Crippen LogP contribution in [0.25, 0.3) is 153 Å². The molecule has 5 unspecified atom stereocenters. The molecule has 4 aliphatic rings. The highest BCUT2D eigenvalue weighted by Gasteiger charge is 2.55. The van der Waals surface area contributed by atoms with Gasteiger partial charge in [-0.25, -0.2) is 0 Å². The number of fused-ring (bicyclic) bond motifs is 25. The Morgan fingerprint density at radius 2 is 0.550 bits per heavy atom. The van der Waals surface area contributed by atoms with Crippen LogP contribution >= 0.6 is 0 Å². The molecule has 0 N–H and O–H groups in total. The summed E-state index contributed by atoms with van der Waals surface area (Å²) < 4.78 is 37.0. The summed E-state index contributed by atoms with van der Waals surface area (Å²) in [5.41, 5.74) is 18.1. The van der Waals surface area contributed by atoms with Gasteiger partial charge in [0.2, 0.25) is 0 Å². The average molecular weight is 1790 g/mol. The second-order valence-electron chi connectivity index (χ2n) is 37.6. The summed E-state index contributed by atoms with van der Waals surface area (Å²) in [4.78, 5) is 0. The van der Waals surface area contributed by atoms with Crippen LogP contribution in [-0.4, -0.2) is 7.11 Å². The van der Waals surface area contributed by atoms with E-state index in [1.54, 1.807) is 32.2 Å². The number of ether oxygens (including phenoxy) is 6. The molecule has 0 aliphatic heterocycles. The standard InChI is InChI=1S/C134H88O6/c1-3-136-111-55-39-94-70-106(50-34-99(94)75-111)133(125-63-47-84-20-8-12-28-116(84)128(125)121-61-45-87-23-11-15-31-119(87)131(121)133)107-51-35-101-77-113(57-41-95(101)71-107)138-65-18-19-67-140-115-59-43-97-73-109(53-37-103(97)79-115)134(126-82-90-26-6-4-24-88(90)80-122(126)120-60-44-86-22-10-14-30-118(86)130(120)134)108-52-36-102-78-114(58-42-96(102)72-108)139-66-17-16-64-137-112-56-40-93-69-105(49-33-100(93)76-112)132(104-48-32-98-74-110(135-2)54-38-92(98)68-104)124-62-46-85-21-9-13-29-117(85)129(124)123-81-89-25-5-7-27-91(89)83-127(123)132/h3-83,122,126H,1H2,2H3/b64-16+,65-18+,66-17+,67-19+. The Kier molecular flexibility index (Phi) is 19.1. The van der Waals surface area contributed by atoms with Gasteiger partial charge < -0.3 is 28.4 Å². The van der Waals surface area contributed by atoms with Crippen LogP contribution in [-0.2, 0) is 16.2 Å². The molecule has 23 aromatic carbocycles. The van der Waals surface area contributed by atoms with Crippen molar-refractivity contribution in [2.75, 3.05) is 7.11 Å². The van der Waals surface area contributed by atoms with E-state index >= 15 is 0 Å². The van der Waals surface area contributed by atoms with Gasteiger partial charge in [0.15, 0.2) is 0 Å². The van der Waals surface area contributed by atoms with E-state index in [0.717, 1.165) is 99.1 Å². The van der Waals surface area contributed by atoms with E-state index in [0.29, 0.717) is 0 Å². The minimum atomic E-state index is -0.688. The summed E-state index contributed by atoms with van der Waals surface area (Å²) >= 11 is 0. The van der Waals surface area contributed by atoms with E-state index in [1.807, 2.05) is 30.4 Å². The van der Waals surface area contributed by atoms with Gasteiger partial charge in [-0.1, -0.05) is 322 Å². The molecule has 0 aromatic heterocycles. The Balaban J connectivity index is 0.455. The van der Waals surface area contributed by atoms with Gasteiger partial charge in [-0.3, -0.25) is 0 Å². The zero-order valence-electron chi connectivity index (χ0n) is 76.6. The van der Waals surface area contributed by atoms with Gasteiger partial charge in [0, 0.05) is 11.8 Å². The second-order valence-corrected chi connectivity index (χ2v) is 37.6. The molecule has 0 amide bonds. The van der Waals surface area contributed by atoms with Gasteiger partial charge in [-0.15, -0.1) is 0 Å². The van der Waals surface area contributed by atoms with Crippen molar-refractivity contribution < 1.29 is 28.4 Å². The number of hydrogen-bond donors (Lipinski definition) is 0. The summed E-state index contributed by atoms with van der Waals surface area (Å²) in [6.07, 6.45) is 20.9. The fourth-order valence-corrected chi connectivity index (χ4v) is 24.3. The first kappa shape index (κ1) is 81.7. The second kappa shape index (κ2) is 32.7. The normalized spacial score (nSPS) is 17.1. The minimum Gasteiger partial charge on any atom is -0.497 e. The molecule has 6 nitrogen and oxygen atoms in total. The summed E-state index contributed by atoms with van der Waals surface area (Å²) in [5, 5.41) is 28.0. The van der Waals surface area contributed by atoms with Gasteiger partial charge in [0.05, 0.1) is 54.7 Å². The van der Waals surface area contributed by atoms with Crippen molar-refractivity contribution in [3.05, 3.63) is 564 Å². The van der Waals surface area contributed by atoms with E-state index in [9.17, 15) is 0 Å². The van der Waals surface area contributed by atoms with Crippen molar-refractivity contribution >= 4 is 131 Å². The van der Waals surface area contributed by atoms with Gasteiger partial charge in [-0.2, -0.15) is 0 Å². The third-order valence-electron chi connectivity index (χ3n) is 30.4. The fourth-order valence-electron chi connectivity index (χ4n) is 24.3. The van der Waals surface area contributed by atoms with Crippen LogP contribution in [0.5, 0.6) is 34.5 Å². The Bertz CT molecular complexity index is 9500. The van der Waals surface area contributed by atoms with Crippen molar-refractivity contribution in [2.24, 2.45) is 5.92 Å². The Hall–Kier alpha value is -17.8. The molecule has 0 spiro atoms. The predicted octanol–water partition coefficient (Wildman–Crippen LogP) is 31.9. The third-order valence-corrected chi connectivity index (χ3v) is 30.4. The maximum atomic E-state index is 6.40. The fraction of sp³-hybridized carbons (Fsp3) is 0.0448. The van der Waals surface area contributed by atoms with Crippen molar-refractivity contribution in [1.82, 2.24) is 0 Å². The number of rotatable bonds is 19. The van der Waals surface area contributed by atoms with E-state index in [-0.39, 0.29) is 11.8 Å². The lowest BCUT2D eigenvalue weighted by Gasteiger charge is -2.39. The Labute approximate surface area is 809 Å². The molecule has 4 aliphatic carbocycles. The van der Waals surface area contributed by atoms with Crippen molar-refractivity contribution in [3.8, 4) is 56.8 Å². The van der Waals surface area contributed by atoms with E-state index in [2.05, 4.69) is 437 Å². The lowest BCUT2D eigenvalue weighted by molar-refractivity contribution is 0.415. The van der Waals surface area contributed by atoms with Crippen LogP contribution in [0.15, 0.2) is 487 Å². The van der Waals surface area contributed by atoms with E-state index < -0.39 is 16.2 Å². The molecular formula is C134H88O6. The Morgan fingerprint density at radius 3 is 1.01 bits per heavy atom. The number of allylic oxidation sites excluding steroid dienone is 4. The lowest BCUT2D eigenvalue weighted by atomic mass is 9.62. The van der Waals surface area contributed by atoms with Gasteiger partial charge >= 0.3 is 0 Å². The maximum Gasteiger partial charge on any atom is 0.127 e. The summed E-state index contributed by atoms with van der Waals surface area (Å²) in [5.74, 6) is 4.65. The monoisotopic (exact) mass is 1790 g/mol. The summed E-state index contributed by atoms with van der Waals surface area (Å²) in [7, 11) is 1.73. The smallest absolute Gasteiger partial charge is 0.127 e. The number of methoxy groups -OCH3 is 1. The quantitative estimate of drug-likeness (QED) is 0.0594. The molecule has 0 saturated heterocycles. The molecule has 5 atom stereocenters. The highest BCUT2D eigenvalue weighted by atomic mass is 16.5. The average Bonchev–Trinajstić information content (AvgIpc) is 1.52. The van der Waals surface area contributed by atoms with Crippen LogP contribution < -0.4 is 38.9 Å². The van der Waals surface area contributed by atoms with Gasteiger partial charge in [-0.05, 0) is 364 Å². The van der Waals surface area contributed by atoms with Crippen LogP contribution in [0.2, 0.25) is 0 Å². The summed E-state index contributed by atoms with van der Waals surface area (Å²) in [6.45, 7) is 3.82. The molecule has 0 heterocycles. The van der Waals surface area contributed by atoms with Gasteiger partial charge in [0.1, 0.15) is 34.5 Å². The molecule has 23 aromatic rings. The third kappa shape index (κ3) is 12.9. The van der Waals surface area contributed by atoms with Crippen molar-refractivity contribution in [2.45, 2.75) is 22.2 Å². The largest absolute Gasteiger partial charge is 0.497 e. The SMILES string of the molecule is C=COc1ccc2cc(C3(c4ccc5cc(O/C=C/C=C/Oc6ccc7cc(C8(c9ccc%10cc(O/C=C/C=C/Oc%11ccc%12cc(C%13(c%14ccc%15cc(OC)ccc%15c%14)c%14cc%15ccccc%15cc%14-c%14c%13ccc%13ccccc%14%13)ccc%12c%11)ccc%10c9)c9c(ccc%10ccccc9%10)C9C=c%10ccccc%10=CC98)ccc7c6)ccc5c4)c4ccc5ccccc5c4-c4ccc5ccccc5c43)ccc2c1. The first-order valence-corrected chi connectivity index (χ1v) is 48.0.